The van der Waals surface area contributed by atoms with Gasteiger partial charge in [-0.25, -0.2) is 0 Å². The lowest BCUT2D eigenvalue weighted by Gasteiger charge is -2.27. The van der Waals surface area contributed by atoms with Gasteiger partial charge in [0.2, 0.25) is 5.91 Å². The van der Waals surface area contributed by atoms with Crippen molar-refractivity contribution in [2.75, 3.05) is 26.1 Å². The Morgan fingerprint density at radius 3 is 2.63 bits per heavy atom. The first kappa shape index (κ1) is 18.8. The number of carbonyl (C=O) groups is 2. The Bertz CT molecular complexity index is 850. The number of amides is 2. The molecule has 0 radical (unpaired) electrons. The van der Waals surface area contributed by atoms with Crippen molar-refractivity contribution in [1.29, 1.82) is 0 Å². The molecule has 1 saturated heterocycles. The summed E-state index contributed by atoms with van der Waals surface area (Å²) in [5, 5.41) is 2.72. The van der Waals surface area contributed by atoms with Crippen LogP contribution in [-0.2, 0) is 4.79 Å². The molecule has 2 amide bonds. The smallest absolute Gasteiger partial charge is 0.254 e. The largest absolute Gasteiger partial charge is 0.497 e. The van der Waals surface area contributed by atoms with Crippen LogP contribution in [0, 0.1) is 0 Å². The highest BCUT2D eigenvalue weighted by molar-refractivity contribution is 5.97. The first-order valence-corrected chi connectivity index (χ1v) is 8.94. The average molecular weight is 368 g/mol. The summed E-state index contributed by atoms with van der Waals surface area (Å²) >= 11 is 0. The lowest BCUT2D eigenvalue weighted by Crippen LogP contribution is -2.30. The van der Waals surface area contributed by atoms with Crippen LogP contribution in [0.15, 0.2) is 42.5 Å². The summed E-state index contributed by atoms with van der Waals surface area (Å²) in [6.45, 7) is 2.12. The Labute approximate surface area is 159 Å². The van der Waals surface area contributed by atoms with Gasteiger partial charge >= 0.3 is 0 Å². The van der Waals surface area contributed by atoms with E-state index < -0.39 is 0 Å². The Morgan fingerprint density at radius 2 is 1.93 bits per heavy atom. The van der Waals surface area contributed by atoms with Crippen molar-refractivity contribution in [3.05, 3.63) is 53.6 Å². The molecule has 27 heavy (non-hydrogen) atoms. The molecule has 1 N–H and O–H groups in total. The maximum atomic E-state index is 13.2. The molecule has 2 aromatic rings. The minimum absolute atomic E-state index is 0.0606. The molecule has 6 heteroatoms. The molecule has 1 aliphatic heterocycles. The van der Waals surface area contributed by atoms with Gasteiger partial charge in [0.05, 0.1) is 20.3 Å². The molecular weight excluding hydrogens is 344 g/mol. The molecule has 1 heterocycles. The van der Waals surface area contributed by atoms with Crippen LogP contribution in [0.25, 0.3) is 0 Å². The standard InChI is InChI=1S/C21H24N2O4/c1-14(24)22-16-7-4-6-15(12-16)21(25)23-11-5-8-19(23)18-13-17(26-2)9-10-20(18)27-3/h4,6-7,9-10,12-13,19H,5,8,11H2,1-3H3,(H,22,24). The van der Waals surface area contributed by atoms with Crippen LogP contribution in [-0.4, -0.2) is 37.5 Å². The van der Waals surface area contributed by atoms with Gasteiger partial charge in [-0.3, -0.25) is 9.59 Å². The Hall–Kier alpha value is -3.02. The van der Waals surface area contributed by atoms with Crippen molar-refractivity contribution in [2.45, 2.75) is 25.8 Å². The maximum Gasteiger partial charge on any atom is 0.254 e. The minimum atomic E-state index is -0.167. The monoisotopic (exact) mass is 368 g/mol. The molecule has 142 valence electrons. The Morgan fingerprint density at radius 1 is 1.11 bits per heavy atom. The topological polar surface area (TPSA) is 67.9 Å². The van der Waals surface area contributed by atoms with Crippen molar-refractivity contribution in [3.8, 4) is 11.5 Å². The highest BCUT2D eigenvalue weighted by Gasteiger charge is 2.32. The zero-order valence-electron chi connectivity index (χ0n) is 15.8. The third-order valence-electron chi connectivity index (χ3n) is 4.74. The average Bonchev–Trinajstić information content (AvgIpc) is 3.16. The van der Waals surface area contributed by atoms with E-state index in [9.17, 15) is 9.59 Å². The SMILES string of the molecule is COc1ccc(OC)c(C2CCCN2C(=O)c2cccc(NC(C)=O)c2)c1. The fourth-order valence-corrected chi connectivity index (χ4v) is 3.53. The lowest BCUT2D eigenvalue weighted by atomic mass is 10.0. The number of nitrogens with zero attached hydrogens (tertiary/aromatic N) is 1. The molecule has 6 nitrogen and oxygen atoms in total. The summed E-state index contributed by atoms with van der Waals surface area (Å²) < 4.78 is 10.9. The molecule has 1 unspecified atom stereocenters. The zero-order valence-corrected chi connectivity index (χ0v) is 15.8. The second-order valence-electron chi connectivity index (χ2n) is 6.53. The van der Waals surface area contributed by atoms with Crippen molar-refractivity contribution in [3.63, 3.8) is 0 Å². The van der Waals surface area contributed by atoms with E-state index in [2.05, 4.69) is 5.32 Å². The van der Waals surface area contributed by atoms with Gasteiger partial charge in [-0.2, -0.15) is 0 Å². The molecule has 1 atom stereocenters. The number of anilines is 1. The van der Waals surface area contributed by atoms with Crippen LogP contribution in [0.3, 0.4) is 0 Å². The van der Waals surface area contributed by atoms with Gasteiger partial charge in [0.15, 0.2) is 0 Å². The van der Waals surface area contributed by atoms with E-state index in [0.717, 1.165) is 29.9 Å². The summed E-state index contributed by atoms with van der Waals surface area (Å²) in [7, 11) is 3.25. The first-order chi connectivity index (χ1) is 13.0. The molecule has 0 bridgehead atoms. The molecule has 2 aromatic carbocycles. The number of rotatable bonds is 5. The summed E-state index contributed by atoms with van der Waals surface area (Å²) in [5.74, 6) is 1.25. The molecule has 0 saturated carbocycles. The highest BCUT2D eigenvalue weighted by atomic mass is 16.5. The third-order valence-corrected chi connectivity index (χ3v) is 4.74. The molecular formula is C21H24N2O4. The van der Waals surface area contributed by atoms with E-state index in [4.69, 9.17) is 9.47 Å². The lowest BCUT2D eigenvalue weighted by molar-refractivity contribution is -0.114. The van der Waals surface area contributed by atoms with Gasteiger partial charge in [0.25, 0.3) is 5.91 Å². The molecule has 3 rings (SSSR count). The number of nitrogens with one attached hydrogen (secondary N) is 1. The first-order valence-electron chi connectivity index (χ1n) is 8.94. The van der Waals surface area contributed by atoms with Crippen molar-refractivity contribution in [2.24, 2.45) is 0 Å². The zero-order chi connectivity index (χ0) is 19.4. The number of carbonyl (C=O) groups excluding carboxylic acids is 2. The summed E-state index contributed by atoms with van der Waals surface area (Å²) in [6, 6.07) is 12.6. The van der Waals surface area contributed by atoms with Crippen LogP contribution in [0.4, 0.5) is 5.69 Å². The highest BCUT2D eigenvalue weighted by Crippen LogP contribution is 2.39. The van der Waals surface area contributed by atoms with E-state index in [1.54, 1.807) is 38.5 Å². The van der Waals surface area contributed by atoms with Crippen LogP contribution in [0.1, 0.15) is 41.7 Å². The van der Waals surface area contributed by atoms with Crippen LogP contribution in [0.2, 0.25) is 0 Å². The van der Waals surface area contributed by atoms with Gasteiger partial charge in [0.1, 0.15) is 11.5 Å². The van der Waals surface area contributed by atoms with Crippen LogP contribution < -0.4 is 14.8 Å². The van der Waals surface area contributed by atoms with Crippen LogP contribution in [0.5, 0.6) is 11.5 Å². The fraction of sp³-hybridized carbons (Fsp3) is 0.333. The van der Waals surface area contributed by atoms with Crippen molar-refractivity contribution < 1.29 is 19.1 Å². The van der Waals surface area contributed by atoms with E-state index in [0.29, 0.717) is 17.8 Å². The van der Waals surface area contributed by atoms with Crippen LogP contribution >= 0.6 is 0 Å². The molecule has 0 aromatic heterocycles. The minimum Gasteiger partial charge on any atom is -0.497 e. The van der Waals surface area contributed by atoms with Gasteiger partial charge in [-0.1, -0.05) is 6.07 Å². The Balaban J connectivity index is 1.91. The number of hydrogen-bond donors (Lipinski definition) is 1. The number of ether oxygens (including phenoxy) is 2. The van der Waals surface area contributed by atoms with Gasteiger partial charge in [-0.05, 0) is 49.2 Å². The Kier molecular flexibility index (Phi) is 5.64. The molecule has 0 spiro atoms. The maximum absolute atomic E-state index is 13.2. The molecule has 1 fully saturated rings. The van der Waals surface area contributed by atoms with E-state index in [-0.39, 0.29) is 17.9 Å². The number of benzene rings is 2. The van der Waals surface area contributed by atoms with Gasteiger partial charge in [0, 0.05) is 30.3 Å². The second kappa shape index (κ2) is 8.12. The van der Waals surface area contributed by atoms with Gasteiger partial charge in [-0.15, -0.1) is 0 Å². The van der Waals surface area contributed by atoms with E-state index in [1.807, 2.05) is 23.1 Å². The van der Waals surface area contributed by atoms with E-state index >= 15 is 0 Å². The number of hydrogen-bond acceptors (Lipinski definition) is 4. The number of methoxy groups -OCH3 is 2. The van der Waals surface area contributed by atoms with Crippen molar-refractivity contribution >= 4 is 17.5 Å². The van der Waals surface area contributed by atoms with E-state index in [1.165, 1.54) is 6.92 Å². The third kappa shape index (κ3) is 4.05. The quantitative estimate of drug-likeness (QED) is 0.875. The summed E-state index contributed by atoms with van der Waals surface area (Å²) in [4.78, 5) is 26.3. The predicted molar refractivity (Wildman–Crippen MR) is 103 cm³/mol. The fourth-order valence-electron chi connectivity index (χ4n) is 3.53. The molecule has 1 aliphatic rings. The second-order valence-corrected chi connectivity index (χ2v) is 6.53. The molecule has 0 aliphatic carbocycles. The van der Waals surface area contributed by atoms with Crippen molar-refractivity contribution in [1.82, 2.24) is 4.90 Å². The van der Waals surface area contributed by atoms with Gasteiger partial charge < -0.3 is 19.7 Å². The predicted octanol–water partition coefficient (Wildman–Crippen LogP) is 3.64. The summed E-state index contributed by atoms with van der Waals surface area (Å²) in [6.07, 6.45) is 1.78. The normalized spacial score (nSPS) is 16.1. The number of likely N-dealkylation sites (tertiary alicyclic amines) is 1. The summed E-state index contributed by atoms with van der Waals surface area (Å²) in [5.41, 5.74) is 2.11.